The third-order valence-electron chi connectivity index (χ3n) is 4.77. The molecule has 2 aromatic heterocycles. The minimum atomic E-state index is -0.409. The Morgan fingerprint density at radius 2 is 1.94 bits per heavy atom. The molecular formula is C23H20FN3O3S2. The molecule has 9 heteroatoms. The molecule has 1 aliphatic rings. The first-order chi connectivity index (χ1) is 15.2. The van der Waals surface area contributed by atoms with Gasteiger partial charge in [0.15, 0.2) is 0 Å². The third kappa shape index (κ3) is 4.31. The van der Waals surface area contributed by atoms with Gasteiger partial charge in [0.05, 0.1) is 4.91 Å². The van der Waals surface area contributed by atoms with Crippen LogP contribution in [0.3, 0.4) is 0 Å². The molecule has 1 fully saturated rings. The first kappa shape index (κ1) is 22.2. The van der Waals surface area contributed by atoms with Crippen LogP contribution in [0.2, 0.25) is 0 Å². The molecule has 164 valence electrons. The van der Waals surface area contributed by atoms with E-state index in [1.54, 1.807) is 12.3 Å². The quantitative estimate of drug-likeness (QED) is 0.395. The van der Waals surface area contributed by atoms with Crippen LogP contribution in [-0.2, 0) is 4.79 Å². The number of thioether (sulfide) groups is 1. The monoisotopic (exact) mass is 469 g/mol. The van der Waals surface area contributed by atoms with Crippen LogP contribution in [0.25, 0.3) is 11.7 Å². The lowest BCUT2D eigenvalue weighted by molar-refractivity contribution is -0.122. The number of ether oxygens (including phenoxy) is 1. The molecule has 1 aromatic carbocycles. The van der Waals surface area contributed by atoms with Crippen molar-refractivity contribution in [3.05, 3.63) is 74.8 Å². The standard InChI is InChI=1S/C23H20FN3O3S2/c1-13(2)12-27-22(29)18(32-23(27)31)11-17-20(30-16-8-6-15(24)7-9-16)25-19-14(3)5-4-10-26(19)21(17)28/h4-11,13H,12H2,1-3H3. The smallest absolute Gasteiger partial charge is 0.269 e. The predicted molar refractivity (Wildman–Crippen MR) is 127 cm³/mol. The van der Waals surface area contributed by atoms with Gasteiger partial charge in [-0.3, -0.25) is 18.9 Å². The summed E-state index contributed by atoms with van der Waals surface area (Å²) in [5, 5.41) is 0. The van der Waals surface area contributed by atoms with Gasteiger partial charge in [-0.25, -0.2) is 4.39 Å². The van der Waals surface area contributed by atoms with Crippen molar-refractivity contribution in [2.45, 2.75) is 20.8 Å². The summed E-state index contributed by atoms with van der Waals surface area (Å²) in [6, 6.07) is 8.99. The summed E-state index contributed by atoms with van der Waals surface area (Å²) in [4.78, 5) is 32.7. The van der Waals surface area contributed by atoms with E-state index < -0.39 is 5.82 Å². The van der Waals surface area contributed by atoms with Gasteiger partial charge in [-0.2, -0.15) is 4.98 Å². The maximum Gasteiger partial charge on any atom is 0.269 e. The van der Waals surface area contributed by atoms with Crippen molar-refractivity contribution < 1.29 is 13.9 Å². The Labute approximate surface area is 193 Å². The molecular weight excluding hydrogens is 449 g/mol. The molecule has 0 spiro atoms. The van der Waals surface area contributed by atoms with E-state index in [2.05, 4.69) is 4.98 Å². The minimum Gasteiger partial charge on any atom is -0.438 e. The van der Waals surface area contributed by atoms with Crippen molar-refractivity contribution in [1.82, 2.24) is 14.3 Å². The van der Waals surface area contributed by atoms with E-state index in [1.165, 1.54) is 39.6 Å². The second kappa shape index (κ2) is 8.84. The van der Waals surface area contributed by atoms with Gasteiger partial charge in [0.25, 0.3) is 11.5 Å². The fraction of sp³-hybridized carbons (Fsp3) is 0.217. The fourth-order valence-corrected chi connectivity index (χ4v) is 4.52. The highest BCUT2D eigenvalue weighted by Crippen LogP contribution is 2.34. The van der Waals surface area contributed by atoms with E-state index >= 15 is 0 Å². The van der Waals surface area contributed by atoms with E-state index in [4.69, 9.17) is 17.0 Å². The van der Waals surface area contributed by atoms with Gasteiger partial charge >= 0.3 is 0 Å². The number of amides is 1. The number of nitrogens with zero attached hydrogens (tertiary/aromatic N) is 3. The summed E-state index contributed by atoms with van der Waals surface area (Å²) >= 11 is 6.51. The summed E-state index contributed by atoms with van der Waals surface area (Å²) in [6.07, 6.45) is 3.09. The number of aryl methyl sites for hydroxylation is 1. The Bertz CT molecular complexity index is 1320. The topological polar surface area (TPSA) is 63.9 Å². The molecule has 32 heavy (non-hydrogen) atoms. The van der Waals surface area contributed by atoms with Gasteiger partial charge in [-0.15, -0.1) is 0 Å². The zero-order valence-electron chi connectivity index (χ0n) is 17.7. The Balaban J connectivity index is 1.86. The molecule has 0 unspecified atom stereocenters. The minimum absolute atomic E-state index is 0.0324. The number of carbonyl (C=O) groups is 1. The summed E-state index contributed by atoms with van der Waals surface area (Å²) in [7, 11) is 0. The molecule has 0 saturated carbocycles. The molecule has 1 amide bonds. The second-order valence-corrected chi connectivity index (χ2v) is 9.44. The highest BCUT2D eigenvalue weighted by Gasteiger charge is 2.33. The number of halogens is 1. The molecule has 0 bridgehead atoms. The largest absolute Gasteiger partial charge is 0.438 e. The number of hydrogen-bond acceptors (Lipinski definition) is 6. The molecule has 6 nitrogen and oxygen atoms in total. The molecule has 0 N–H and O–H groups in total. The number of hydrogen-bond donors (Lipinski definition) is 0. The van der Waals surface area contributed by atoms with Crippen LogP contribution in [0.15, 0.2) is 52.3 Å². The summed E-state index contributed by atoms with van der Waals surface area (Å²) in [5.41, 5.74) is 0.940. The van der Waals surface area contributed by atoms with Crippen molar-refractivity contribution in [2.75, 3.05) is 6.54 Å². The number of pyridine rings is 1. The van der Waals surface area contributed by atoms with Crippen LogP contribution in [0.4, 0.5) is 4.39 Å². The SMILES string of the molecule is Cc1cccn2c(=O)c(C=C3SC(=S)N(CC(C)C)C3=O)c(Oc3ccc(F)cc3)nc12. The van der Waals surface area contributed by atoms with Crippen LogP contribution >= 0.6 is 24.0 Å². The number of fused-ring (bicyclic) bond motifs is 1. The van der Waals surface area contributed by atoms with Crippen LogP contribution in [-0.4, -0.2) is 31.1 Å². The van der Waals surface area contributed by atoms with Crippen molar-refractivity contribution in [3.63, 3.8) is 0 Å². The number of carbonyl (C=O) groups excluding carboxylic acids is 1. The van der Waals surface area contributed by atoms with Crippen molar-refractivity contribution in [1.29, 1.82) is 0 Å². The Morgan fingerprint density at radius 1 is 1.22 bits per heavy atom. The number of rotatable bonds is 5. The van der Waals surface area contributed by atoms with Gasteiger partial charge in [0.2, 0.25) is 5.88 Å². The highest BCUT2D eigenvalue weighted by molar-refractivity contribution is 8.26. The van der Waals surface area contributed by atoms with Crippen LogP contribution in [0, 0.1) is 18.7 Å². The van der Waals surface area contributed by atoms with Gasteiger partial charge in [0, 0.05) is 12.7 Å². The van der Waals surface area contributed by atoms with Crippen LogP contribution in [0.1, 0.15) is 25.0 Å². The summed E-state index contributed by atoms with van der Waals surface area (Å²) < 4.78 is 21.0. The molecule has 3 heterocycles. The van der Waals surface area contributed by atoms with Crippen LogP contribution in [0.5, 0.6) is 11.6 Å². The first-order valence-electron chi connectivity index (χ1n) is 9.95. The van der Waals surface area contributed by atoms with Gasteiger partial charge in [0.1, 0.15) is 27.1 Å². The number of aromatic nitrogens is 2. The molecule has 0 atom stereocenters. The van der Waals surface area contributed by atoms with E-state index in [0.717, 1.165) is 17.3 Å². The zero-order valence-corrected chi connectivity index (χ0v) is 19.3. The summed E-state index contributed by atoms with van der Waals surface area (Å²) in [6.45, 7) is 6.33. The van der Waals surface area contributed by atoms with Gasteiger partial charge < -0.3 is 4.74 Å². The van der Waals surface area contributed by atoms with E-state index in [9.17, 15) is 14.0 Å². The average Bonchev–Trinajstić information content (AvgIpc) is 3.00. The number of thiocarbonyl (C=S) groups is 1. The lowest BCUT2D eigenvalue weighted by Gasteiger charge is -2.16. The first-order valence-corrected chi connectivity index (χ1v) is 11.2. The fourth-order valence-electron chi connectivity index (χ4n) is 3.26. The van der Waals surface area contributed by atoms with E-state index in [0.29, 0.717) is 27.2 Å². The normalized spacial score (nSPS) is 15.4. The third-order valence-corrected chi connectivity index (χ3v) is 6.15. The Hall–Kier alpha value is -3.04. The van der Waals surface area contributed by atoms with Gasteiger partial charge in [-0.05, 0) is 54.8 Å². The average molecular weight is 470 g/mol. The molecule has 0 aliphatic carbocycles. The molecule has 1 aliphatic heterocycles. The van der Waals surface area contributed by atoms with Crippen molar-refractivity contribution >= 4 is 45.9 Å². The molecule has 4 rings (SSSR count). The lowest BCUT2D eigenvalue weighted by Crippen LogP contribution is -2.31. The maximum absolute atomic E-state index is 13.4. The number of benzene rings is 1. The van der Waals surface area contributed by atoms with Crippen molar-refractivity contribution in [2.24, 2.45) is 5.92 Å². The molecule has 0 radical (unpaired) electrons. The predicted octanol–water partition coefficient (Wildman–Crippen LogP) is 4.79. The Kier molecular flexibility index (Phi) is 6.12. The van der Waals surface area contributed by atoms with E-state index in [1.807, 2.05) is 26.8 Å². The van der Waals surface area contributed by atoms with Crippen LogP contribution < -0.4 is 10.3 Å². The van der Waals surface area contributed by atoms with Crippen molar-refractivity contribution in [3.8, 4) is 11.6 Å². The zero-order chi connectivity index (χ0) is 23.0. The van der Waals surface area contributed by atoms with Gasteiger partial charge in [-0.1, -0.05) is 43.9 Å². The van der Waals surface area contributed by atoms with E-state index in [-0.39, 0.29) is 28.8 Å². The maximum atomic E-state index is 13.4. The lowest BCUT2D eigenvalue weighted by atomic mass is 10.2. The molecule has 1 saturated heterocycles. The second-order valence-electron chi connectivity index (χ2n) is 7.76. The Morgan fingerprint density at radius 3 is 2.62 bits per heavy atom. The summed E-state index contributed by atoms with van der Waals surface area (Å²) in [5.74, 6) is -0.0719. The highest BCUT2D eigenvalue weighted by atomic mass is 32.2. The molecule has 3 aromatic rings.